The zero-order valence-corrected chi connectivity index (χ0v) is 3.83. The molecular weight excluding hydrogens is 106 g/mol. The van der Waals surface area contributed by atoms with Crippen molar-refractivity contribution in [1.29, 1.82) is 0 Å². The van der Waals surface area contributed by atoms with Crippen molar-refractivity contribution in [2.45, 2.75) is 0 Å². The molecule has 0 aliphatic heterocycles. The van der Waals surface area contributed by atoms with Crippen LogP contribution in [0.2, 0.25) is 0 Å². The van der Waals surface area contributed by atoms with Gasteiger partial charge in [0.25, 0.3) is 0 Å². The SMILES string of the molecule is O=C(CF)CCl. The summed E-state index contributed by atoms with van der Waals surface area (Å²) in [5.74, 6) is -0.770. The number of ketones is 1. The molecule has 0 saturated carbocycles. The number of carbonyl (C=O) groups excluding carboxylic acids is 1. The number of halogens is 2. The largest absolute Gasteiger partial charge is 0.295 e. The van der Waals surface area contributed by atoms with Crippen molar-refractivity contribution in [3.8, 4) is 0 Å². The molecule has 0 atom stereocenters. The van der Waals surface area contributed by atoms with Crippen LogP contribution in [0, 0.1) is 0 Å². The third kappa shape index (κ3) is 2.15. The van der Waals surface area contributed by atoms with Gasteiger partial charge in [-0.2, -0.15) is 0 Å². The summed E-state index contributed by atoms with van der Waals surface area (Å²) in [6.07, 6.45) is 0. The molecule has 0 fully saturated rings. The van der Waals surface area contributed by atoms with E-state index < -0.39 is 12.5 Å². The minimum absolute atomic E-state index is 0.212. The van der Waals surface area contributed by atoms with Crippen molar-refractivity contribution >= 4 is 17.4 Å². The van der Waals surface area contributed by atoms with E-state index in [-0.39, 0.29) is 5.88 Å². The van der Waals surface area contributed by atoms with Crippen LogP contribution in [-0.4, -0.2) is 18.3 Å². The second kappa shape index (κ2) is 3.09. The van der Waals surface area contributed by atoms with Crippen molar-refractivity contribution in [1.82, 2.24) is 0 Å². The first-order valence-electron chi connectivity index (χ1n) is 1.45. The van der Waals surface area contributed by atoms with E-state index in [0.29, 0.717) is 0 Å². The molecule has 0 unspecified atom stereocenters. The van der Waals surface area contributed by atoms with Crippen molar-refractivity contribution < 1.29 is 9.18 Å². The number of alkyl halides is 2. The Morgan fingerprint density at radius 1 is 1.83 bits per heavy atom. The molecule has 3 heteroatoms. The first-order valence-corrected chi connectivity index (χ1v) is 1.98. The summed E-state index contributed by atoms with van der Waals surface area (Å²) >= 11 is 4.86. The lowest BCUT2D eigenvalue weighted by Crippen LogP contribution is -1.99. The summed E-state index contributed by atoms with van der Waals surface area (Å²) in [6, 6.07) is 0. The lowest BCUT2D eigenvalue weighted by Gasteiger charge is -1.76. The van der Waals surface area contributed by atoms with Crippen LogP contribution >= 0.6 is 11.6 Å². The first kappa shape index (κ1) is 5.89. The molecule has 0 rings (SSSR count). The van der Waals surface area contributed by atoms with Crippen LogP contribution < -0.4 is 0 Å². The van der Waals surface area contributed by atoms with E-state index in [1.165, 1.54) is 0 Å². The van der Waals surface area contributed by atoms with Crippen molar-refractivity contribution in [3.63, 3.8) is 0 Å². The van der Waals surface area contributed by atoms with E-state index in [2.05, 4.69) is 0 Å². The summed E-state index contributed by atoms with van der Waals surface area (Å²) in [5, 5.41) is 0. The van der Waals surface area contributed by atoms with Crippen molar-refractivity contribution in [2.75, 3.05) is 12.6 Å². The highest BCUT2D eigenvalue weighted by atomic mass is 35.5. The highest BCUT2D eigenvalue weighted by Crippen LogP contribution is 1.77. The van der Waals surface area contributed by atoms with Gasteiger partial charge in [-0.25, -0.2) is 4.39 Å². The Balaban J connectivity index is 2.99. The van der Waals surface area contributed by atoms with E-state index in [9.17, 15) is 9.18 Å². The monoisotopic (exact) mass is 110 g/mol. The minimum atomic E-state index is -0.941. The molecule has 0 amide bonds. The van der Waals surface area contributed by atoms with Crippen molar-refractivity contribution in [3.05, 3.63) is 0 Å². The van der Waals surface area contributed by atoms with Gasteiger partial charge in [0.05, 0.1) is 5.88 Å². The molecule has 0 radical (unpaired) electrons. The van der Waals surface area contributed by atoms with Crippen LogP contribution in [0.25, 0.3) is 0 Å². The van der Waals surface area contributed by atoms with E-state index >= 15 is 0 Å². The summed E-state index contributed by atoms with van der Waals surface area (Å²) < 4.78 is 11.0. The lowest BCUT2D eigenvalue weighted by molar-refractivity contribution is -0.117. The van der Waals surface area contributed by atoms with Gasteiger partial charge in [0, 0.05) is 0 Å². The average Bonchev–Trinajstić information content (AvgIpc) is 1.65. The van der Waals surface area contributed by atoms with Gasteiger partial charge in [-0.15, -0.1) is 11.6 Å². The summed E-state index contributed by atoms with van der Waals surface area (Å²) in [7, 11) is 0. The summed E-state index contributed by atoms with van der Waals surface area (Å²) in [4.78, 5) is 9.67. The molecule has 0 N–H and O–H groups in total. The Hall–Kier alpha value is -0.110. The second-order valence-corrected chi connectivity index (χ2v) is 1.07. The summed E-state index contributed by atoms with van der Waals surface area (Å²) in [5.41, 5.74) is 0. The van der Waals surface area contributed by atoms with E-state index in [4.69, 9.17) is 11.6 Å². The topological polar surface area (TPSA) is 17.1 Å². The molecular formula is C3H4ClFO. The highest BCUT2D eigenvalue weighted by Gasteiger charge is 1.92. The third-order valence-electron chi connectivity index (χ3n) is 0.298. The van der Waals surface area contributed by atoms with Gasteiger partial charge in [-0.05, 0) is 0 Å². The van der Waals surface area contributed by atoms with Gasteiger partial charge >= 0.3 is 0 Å². The average molecular weight is 111 g/mol. The van der Waals surface area contributed by atoms with Gasteiger partial charge in [-0.1, -0.05) is 0 Å². The van der Waals surface area contributed by atoms with Crippen LogP contribution in [-0.2, 0) is 4.79 Å². The molecule has 0 bridgehead atoms. The Morgan fingerprint density at radius 2 is 2.33 bits per heavy atom. The Bertz CT molecular complexity index is 48.8. The molecule has 0 aromatic rings. The van der Waals surface area contributed by atoms with E-state index in [0.717, 1.165) is 0 Å². The van der Waals surface area contributed by atoms with Gasteiger partial charge in [0.15, 0.2) is 5.78 Å². The Labute approximate surface area is 40.1 Å². The molecule has 0 saturated heterocycles. The predicted octanol–water partition coefficient (Wildman–Crippen LogP) is 0.764. The minimum Gasteiger partial charge on any atom is -0.295 e. The van der Waals surface area contributed by atoms with Crippen molar-refractivity contribution in [2.24, 2.45) is 0 Å². The van der Waals surface area contributed by atoms with Crippen LogP contribution in [0.5, 0.6) is 0 Å². The number of rotatable bonds is 2. The van der Waals surface area contributed by atoms with E-state index in [1.54, 1.807) is 0 Å². The summed E-state index contributed by atoms with van der Waals surface area (Å²) in [6.45, 7) is -0.941. The Morgan fingerprint density at radius 3 is 2.33 bits per heavy atom. The zero-order chi connectivity index (χ0) is 4.99. The zero-order valence-electron chi connectivity index (χ0n) is 3.08. The molecule has 36 valence electrons. The predicted molar refractivity (Wildman–Crippen MR) is 21.7 cm³/mol. The standard InChI is InChI=1S/C3H4ClFO/c4-1-3(6)2-5/h1-2H2. The van der Waals surface area contributed by atoms with E-state index in [1.807, 2.05) is 0 Å². The first-order chi connectivity index (χ1) is 2.81. The molecule has 1 nitrogen and oxygen atoms in total. The molecule has 0 spiro atoms. The molecule has 0 aromatic heterocycles. The van der Waals surface area contributed by atoms with Gasteiger partial charge in [0.2, 0.25) is 0 Å². The van der Waals surface area contributed by atoms with Gasteiger partial charge in [-0.3, -0.25) is 4.79 Å². The van der Waals surface area contributed by atoms with Gasteiger partial charge < -0.3 is 0 Å². The third-order valence-corrected chi connectivity index (χ3v) is 0.596. The second-order valence-electron chi connectivity index (χ2n) is 0.806. The maximum Gasteiger partial charge on any atom is 0.178 e. The normalized spacial score (nSPS) is 8.33. The molecule has 6 heavy (non-hydrogen) atoms. The van der Waals surface area contributed by atoms with Gasteiger partial charge in [0.1, 0.15) is 6.67 Å². The fourth-order valence-electron chi connectivity index (χ4n) is 0.0357. The number of Topliss-reactive ketones (excluding diaryl/α,β-unsaturated/α-hetero) is 1. The Kier molecular flexibility index (Phi) is 3.04. The maximum atomic E-state index is 11.0. The molecule has 0 aliphatic carbocycles. The smallest absolute Gasteiger partial charge is 0.178 e. The molecule has 0 aliphatic rings. The molecule has 0 aromatic carbocycles. The van der Waals surface area contributed by atoms with Crippen LogP contribution in [0.15, 0.2) is 0 Å². The van der Waals surface area contributed by atoms with Crippen LogP contribution in [0.4, 0.5) is 4.39 Å². The van der Waals surface area contributed by atoms with Crippen LogP contribution in [0.3, 0.4) is 0 Å². The highest BCUT2D eigenvalue weighted by molar-refractivity contribution is 6.27. The number of carbonyl (C=O) groups is 1. The maximum absolute atomic E-state index is 11.0. The van der Waals surface area contributed by atoms with Crippen LogP contribution in [0.1, 0.15) is 0 Å². The quantitative estimate of drug-likeness (QED) is 0.480. The number of hydrogen-bond acceptors (Lipinski definition) is 1. The lowest BCUT2D eigenvalue weighted by atomic mass is 10.5. The fraction of sp³-hybridized carbons (Fsp3) is 0.667. The fourth-order valence-corrected chi connectivity index (χ4v) is 0.107. The molecule has 0 heterocycles. The number of hydrogen-bond donors (Lipinski definition) is 0.